The number of rotatable bonds is 1. The van der Waals surface area contributed by atoms with E-state index in [-0.39, 0.29) is 0 Å². The Labute approximate surface area is 58.9 Å². The molecule has 1 saturated carbocycles. The maximum absolute atomic E-state index is 6.79. The molecule has 0 spiro atoms. The van der Waals surface area contributed by atoms with E-state index in [2.05, 4.69) is 15.0 Å². The van der Waals surface area contributed by atoms with Gasteiger partial charge in [0.2, 0.25) is 5.69 Å². The lowest BCUT2D eigenvalue weighted by Crippen LogP contribution is -1.77. The first-order valence-corrected chi connectivity index (χ1v) is 3.32. The van der Waals surface area contributed by atoms with Crippen molar-refractivity contribution in [1.29, 1.82) is 0 Å². The van der Waals surface area contributed by atoms with E-state index < -0.39 is 0 Å². The highest BCUT2D eigenvalue weighted by atomic mass is 15.1. The molecule has 10 heavy (non-hydrogen) atoms. The van der Waals surface area contributed by atoms with Crippen LogP contribution in [0.5, 0.6) is 0 Å². The zero-order valence-corrected chi connectivity index (χ0v) is 5.46. The first-order chi connectivity index (χ1) is 4.92. The minimum Gasteiger partial charge on any atom is -0.294 e. The minimum atomic E-state index is 0.603. The molecule has 0 aromatic carbocycles. The normalized spacial score (nSPS) is 16.7. The highest BCUT2D eigenvalue weighted by Crippen LogP contribution is 2.42. The van der Waals surface area contributed by atoms with E-state index in [1.807, 2.05) is 0 Å². The standard InChI is InChI=1S/C7H7N3/c1-8-6-4-9-10-7(6)5-2-3-5/h4-5H,2-3H2,(H,9,10). The maximum Gasteiger partial charge on any atom is 0.227 e. The summed E-state index contributed by atoms with van der Waals surface area (Å²) in [5.41, 5.74) is 1.73. The highest BCUT2D eigenvalue weighted by molar-refractivity contribution is 5.49. The molecule has 50 valence electrons. The second-order valence-corrected chi connectivity index (χ2v) is 2.55. The second-order valence-electron chi connectivity index (χ2n) is 2.55. The summed E-state index contributed by atoms with van der Waals surface area (Å²) in [4.78, 5) is 3.35. The van der Waals surface area contributed by atoms with Crippen LogP contribution in [0.1, 0.15) is 24.5 Å². The van der Waals surface area contributed by atoms with Crippen molar-refractivity contribution in [3.05, 3.63) is 23.3 Å². The van der Waals surface area contributed by atoms with Gasteiger partial charge in [0.15, 0.2) is 0 Å². The Morgan fingerprint density at radius 2 is 2.50 bits per heavy atom. The first-order valence-electron chi connectivity index (χ1n) is 3.32. The Hall–Kier alpha value is -1.30. The summed E-state index contributed by atoms with van der Waals surface area (Å²) in [6.07, 6.45) is 4.02. The molecule has 0 radical (unpaired) electrons. The van der Waals surface area contributed by atoms with Crippen molar-refractivity contribution in [1.82, 2.24) is 10.2 Å². The molecule has 1 aromatic heterocycles. The lowest BCUT2D eigenvalue weighted by molar-refractivity contribution is 0.967. The molecule has 2 rings (SSSR count). The molecule has 0 bridgehead atoms. The van der Waals surface area contributed by atoms with Crippen LogP contribution < -0.4 is 0 Å². The van der Waals surface area contributed by atoms with Gasteiger partial charge in [-0.05, 0) is 18.8 Å². The lowest BCUT2D eigenvalue weighted by Gasteiger charge is -1.88. The SMILES string of the molecule is [C-]#[N+]c1cn[nH]c1C1CC1. The number of nitrogens with one attached hydrogen (secondary N) is 1. The molecule has 3 heteroatoms. The zero-order valence-electron chi connectivity index (χ0n) is 5.46. The molecule has 1 aliphatic rings. The molecule has 0 atom stereocenters. The number of hydrogen-bond donors (Lipinski definition) is 1. The summed E-state index contributed by atoms with van der Waals surface area (Å²) in [5.74, 6) is 0.603. The van der Waals surface area contributed by atoms with Crippen LogP contribution in [0.25, 0.3) is 4.85 Å². The smallest absolute Gasteiger partial charge is 0.227 e. The summed E-state index contributed by atoms with van der Waals surface area (Å²) in [7, 11) is 0. The van der Waals surface area contributed by atoms with Crippen molar-refractivity contribution in [2.45, 2.75) is 18.8 Å². The summed E-state index contributed by atoms with van der Waals surface area (Å²) in [6.45, 7) is 6.79. The molecule has 0 saturated heterocycles. The highest BCUT2D eigenvalue weighted by Gasteiger charge is 2.27. The number of aromatic nitrogens is 2. The summed E-state index contributed by atoms with van der Waals surface area (Å²) in [6, 6.07) is 0. The molecule has 0 unspecified atom stereocenters. The van der Waals surface area contributed by atoms with Gasteiger partial charge in [-0.3, -0.25) is 5.10 Å². The number of aromatic amines is 1. The fraction of sp³-hybridized carbons (Fsp3) is 0.429. The number of hydrogen-bond acceptors (Lipinski definition) is 1. The van der Waals surface area contributed by atoms with Gasteiger partial charge in [0.25, 0.3) is 0 Å². The Balaban J connectivity index is 2.40. The van der Waals surface area contributed by atoms with Crippen molar-refractivity contribution >= 4 is 5.69 Å². The van der Waals surface area contributed by atoms with Crippen molar-refractivity contribution in [3.8, 4) is 0 Å². The second kappa shape index (κ2) is 1.84. The maximum atomic E-state index is 6.79. The van der Waals surface area contributed by atoms with Gasteiger partial charge in [-0.25, -0.2) is 4.85 Å². The Morgan fingerprint density at radius 1 is 1.70 bits per heavy atom. The summed E-state index contributed by atoms with van der Waals surface area (Å²) < 4.78 is 0. The van der Waals surface area contributed by atoms with E-state index in [0.717, 1.165) is 5.69 Å². The van der Waals surface area contributed by atoms with Gasteiger partial charge in [-0.2, -0.15) is 5.10 Å². The summed E-state index contributed by atoms with van der Waals surface area (Å²) in [5, 5.41) is 6.67. The predicted molar refractivity (Wildman–Crippen MR) is 36.8 cm³/mol. The van der Waals surface area contributed by atoms with Crippen molar-refractivity contribution < 1.29 is 0 Å². The van der Waals surface area contributed by atoms with Gasteiger partial charge in [0, 0.05) is 5.69 Å². The zero-order chi connectivity index (χ0) is 6.97. The van der Waals surface area contributed by atoms with Crippen LogP contribution in [-0.4, -0.2) is 10.2 Å². The number of H-pyrrole nitrogens is 1. The average Bonchev–Trinajstić information content (AvgIpc) is 2.69. The molecule has 1 aromatic rings. The monoisotopic (exact) mass is 133 g/mol. The van der Waals surface area contributed by atoms with Crippen LogP contribution in [0.3, 0.4) is 0 Å². The fourth-order valence-electron chi connectivity index (χ4n) is 1.05. The molecule has 1 heterocycles. The van der Waals surface area contributed by atoms with Gasteiger partial charge in [-0.1, -0.05) is 0 Å². The molecule has 1 fully saturated rings. The minimum absolute atomic E-state index is 0.603. The van der Waals surface area contributed by atoms with Crippen LogP contribution in [0.15, 0.2) is 6.20 Å². The quantitative estimate of drug-likeness (QED) is 0.582. The van der Waals surface area contributed by atoms with Crippen LogP contribution >= 0.6 is 0 Å². The van der Waals surface area contributed by atoms with E-state index in [1.54, 1.807) is 6.20 Å². The van der Waals surface area contributed by atoms with E-state index in [9.17, 15) is 0 Å². The largest absolute Gasteiger partial charge is 0.294 e. The van der Waals surface area contributed by atoms with Gasteiger partial charge in [0.05, 0.1) is 12.8 Å². The molecule has 1 N–H and O–H groups in total. The van der Waals surface area contributed by atoms with E-state index in [1.165, 1.54) is 12.8 Å². The van der Waals surface area contributed by atoms with E-state index >= 15 is 0 Å². The third kappa shape index (κ3) is 0.695. The van der Waals surface area contributed by atoms with Gasteiger partial charge >= 0.3 is 0 Å². The average molecular weight is 133 g/mol. The molecule has 3 nitrogen and oxygen atoms in total. The first kappa shape index (κ1) is 5.48. The van der Waals surface area contributed by atoms with Crippen LogP contribution in [-0.2, 0) is 0 Å². The van der Waals surface area contributed by atoms with Gasteiger partial charge in [-0.15, -0.1) is 0 Å². The number of nitrogens with zero attached hydrogens (tertiary/aromatic N) is 2. The topological polar surface area (TPSA) is 33.0 Å². The van der Waals surface area contributed by atoms with E-state index in [4.69, 9.17) is 6.57 Å². The van der Waals surface area contributed by atoms with Gasteiger partial charge in [0.1, 0.15) is 0 Å². The third-order valence-electron chi connectivity index (χ3n) is 1.75. The lowest BCUT2D eigenvalue weighted by atomic mass is 10.3. The van der Waals surface area contributed by atoms with Crippen molar-refractivity contribution in [2.75, 3.05) is 0 Å². The predicted octanol–water partition coefficient (Wildman–Crippen LogP) is 1.84. The molecule has 0 aliphatic heterocycles. The van der Waals surface area contributed by atoms with Crippen LogP contribution in [0.4, 0.5) is 5.69 Å². The Morgan fingerprint density at radius 3 is 3.10 bits per heavy atom. The summed E-state index contributed by atoms with van der Waals surface area (Å²) >= 11 is 0. The molecular weight excluding hydrogens is 126 g/mol. The Bertz CT molecular complexity index is 277. The van der Waals surface area contributed by atoms with Crippen molar-refractivity contribution in [3.63, 3.8) is 0 Å². The molecule has 0 amide bonds. The molecule has 1 aliphatic carbocycles. The van der Waals surface area contributed by atoms with Gasteiger partial charge < -0.3 is 0 Å². The third-order valence-corrected chi connectivity index (χ3v) is 1.75. The fourth-order valence-corrected chi connectivity index (χ4v) is 1.05. The van der Waals surface area contributed by atoms with Crippen LogP contribution in [0.2, 0.25) is 0 Å². The molecular formula is C7H7N3. The Kier molecular flexibility index (Phi) is 1.01. The van der Waals surface area contributed by atoms with Crippen LogP contribution in [0, 0.1) is 6.57 Å². The van der Waals surface area contributed by atoms with E-state index in [0.29, 0.717) is 11.6 Å². The van der Waals surface area contributed by atoms with Crippen molar-refractivity contribution in [2.24, 2.45) is 0 Å².